The van der Waals surface area contributed by atoms with Gasteiger partial charge in [-0.05, 0) is 60.7 Å². The van der Waals surface area contributed by atoms with Crippen LogP contribution < -0.4 is 0 Å². The molecule has 0 aromatic carbocycles. The molecule has 0 atom stereocenters. The molecule has 0 aliphatic carbocycles. The highest BCUT2D eigenvalue weighted by Gasteiger charge is 2.17. The summed E-state index contributed by atoms with van der Waals surface area (Å²) in [5, 5.41) is 0. The Balaban J connectivity index is 1.93. The molecule has 3 aromatic rings. The van der Waals surface area contributed by atoms with Crippen molar-refractivity contribution in [3.8, 4) is 0 Å². The number of aromatic nitrogens is 4. The van der Waals surface area contributed by atoms with Gasteiger partial charge < -0.3 is 4.98 Å². The molecule has 0 spiro atoms. The fourth-order valence-corrected chi connectivity index (χ4v) is 3.07. The molecule has 0 saturated heterocycles. The quantitative estimate of drug-likeness (QED) is 0.414. The van der Waals surface area contributed by atoms with E-state index >= 15 is 0 Å². The number of rotatable bonds is 0. The summed E-state index contributed by atoms with van der Waals surface area (Å²) in [6, 6.07) is 9.72. The van der Waals surface area contributed by atoms with Crippen LogP contribution in [0.1, 0.15) is 22.8 Å². The second-order valence-electron chi connectivity index (χ2n) is 6.22. The molecular weight excluding hydrogens is 353 g/mol. The van der Waals surface area contributed by atoms with Crippen molar-refractivity contribution in [1.29, 1.82) is 0 Å². The number of fused-ring (bicyclic) bond motifs is 8. The lowest BCUT2D eigenvalue weighted by Gasteiger charge is -1.90. The number of hydrogen-bond acceptors (Lipinski definition) is 2. The SMILES string of the molecule is Fc1c(F)c2cc3nc(cc4ccc(cc5nc(cc1n2F)C=C5)[nH]4)C=C3. The second kappa shape index (κ2) is 5.70. The Hall–Kier alpha value is -3.61. The van der Waals surface area contributed by atoms with Gasteiger partial charge in [0.15, 0.2) is 11.6 Å². The van der Waals surface area contributed by atoms with E-state index < -0.39 is 22.7 Å². The molecular formula is C20H11F3N4. The van der Waals surface area contributed by atoms with E-state index in [0.717, 1.165) is 23.2 Å². The lowest BCUT2D eigenvalue weighted by molar-refractivity contribution is 0.400. The molecule has 0 amide bonds. The first-order chi connectivity index (χ1) is 13.1. The van der Waals surface area contributed by atoms with Gasteiger partial charge in [-0.1, -0.05) is 4.48 Å². The molecule has 2 aliphatic rings. The average molecular weight is 364 g/mol. The highest BCUT2D eigenvalue weighted by molar-refractivity contribution is 5.77. The largest absolute Gasteiger partial charge is 0.355 e. The van der Waals surface area contributed by atoms with E-state index in [1.807, 2.05) is 12.1 Å². The number of H-pyrrole nitrogens is 1. The molecule has 5 rings (SSSR count). The Morgan fingerprint density at radius 2 is 1.07 bits per heavy atom. The van der Waals surface area contributed by atoms with Crippen molar-refractivity contribution >= 4 is 46.4 Å². The van der Waals surface area contributed by atoms with Gasteiger partial charge in [0.2, 0.25) is 0 Å². The second-order valence-corrected chi connectivity index (χ2v) is 6.22. The number of aromatic amines is 1. The van der Waals surface area contributed by atoms with Crippen LogP contribution in [0.2, 0.25) is 0 Å². The van der Waals surface area contributed by atoms with Crippen molar-refractivity contribution in [3.63, 3.8) is 0 Å². The molecule has 8 bridgehead atoms. The minimum Gasteiger partial charge on any atom is -0.355 e. The average Bonchev–Trinajstić information content (AvgIpc) is 3.40. The maximum absolute atomic E-state index is 14.6. The Bertz CT molecular complexity index is 1220. The Morgan fingerprint density at radius 1 is 0.667 bits per heavy atom. The van der Waals surface area contributed by atoms with E-state index in [1.54, 1.807) is 36.4 Å². The van der Waals surface area contributed by atoms with Crippen LogP contribution in [0.3, 0.4) is 0 Å². The van der Waals surface area contributed by atoms with E-state index in [0.29, 0.717) is 22.8 Å². The molecule has 0 radical (unpaired) electrons. The standard InChI is InChI=1S/C20H11F3N4/c21-19-17-9-15-5-3-13(25-15)7-11-1-2-12(24-11)8-14-4-6-16(26-14)10-18(20(19)22)27(17)23/h1-10,24H. The Labute approximate surface area is 150 Å². The number of hydrogen-bond donors (Lipinski definition) is 1. The van der Waals surface area contributed by atoms with Crippen LogP contribution in [-0.2, 0) is 0 Å². The molecule has 7 heteroatoms. The molecule has 5 heterocycles. The molecule has 0 fully saturated rings. The molecule has 2 aliphatic heterocycles. The summed E-state index contributed by atoms with van der Waals surface area (Å²) in [7, 11) is 0. The van der Waals surface area contributed by atoms with Crippen molar-refractivity contribution in [2.45, 2.75) is 0 Å². The normalized spacial score (nSPS) is 12.7. The van der Waals surface area contributed by atoms with E-state index in [2.05, 4.69) is 15.0 Å². The number of nitrogens with zero attached hydrogens (tertiary/aromatic N) is 3. The lowest BCUT2D eigenvalue weighted by atomic mass is 10.3. The molecule has 4 nitrogen and oxygen atoms in total. The van der Waals surface area contributed by atoms with Crippen molar-refractivity contribution in [3.05, 3.63) is 70.8 Å². The van der Waals surface area contributed by atoms with Crippen molar-refractivity contribution < 1.29 is 13.3 Å². The topological polar surface area (TPSA) is 46.5 Å². The first-order valence-electron chi connectivity index (χ1n) is 8.18. The van der Waals surface area contributed by atoms with Gasteiger partial charge in [-0.2, -0.15) is 4.79 Å². The Morgan fingerprint density at radius 3 is 1.52 bits per heavy atom. The van der Waals surface area contributed by atoms with Crippen LogP contribution in [0.15, 0.2) is 36.4 Å². The van der Waals surface area contributed by atoms with Gasteiger partial charge in [-0.25, -0.2) is 18.7 Å². The lowest BCUT2D eigenvalue weighted by Crippen LogP contribution is -1.83. The Kier molecular flexibility index (Phi) is 3.30. The fraction of sp³-hybridized carbons (Fsp3) is 0. The predicted molar refractivity (Wildman–Crippen MR) is 98.9 cm³/mol. The van der Waals surface area contributed by atoms with E-state index in [1.165, 1.54) is 0 Å². The molecule has 1 N–H and O–H groups in total. The van der Waals surface area contributed by atoms with E-state index in [4.69, 9.17) is 0 Å². The van der Waals surface area contributed by atoms with Gasteiger partial charge in [0, 0.05) is 11.0 Å². The summed E-state index contributed by atoms with van der Waals surface area (Å²) in [5.74, 6) is -2.54. The van der Waals surface area contributed by atoms with Gasteiger partial charge in [0.1, 0.15) is 11.0 Å². The van der Waals surface area contributed by atoms with Crippen LogP contribution in [0, 0.1) is 11.6 Å². The molecule has 132 valence electrons. The first kappa shape index (κ1) is 15.6. The summed E-state index contributed by atoms with van der Waals surface area (Å²) in [6.45, 7) is 0. The van der Waals surface area contributed by atoms with E-state index in [-0.39, 0.29) is 4.79 Å². The zero-order valence-electron chi connectivity index (χ0n) is 13.7. The maximum atomic E-state index is 14.6. The zero-order chi connectivity index (χ0) is 18.5. The highest BCUT2D eigenvalue weighted by Crippen LogP contribution is 2.25. The molecule has 3 aromatic heterocycles. The maximum Gasteiger partial charge on any atom is 0.187 e. The van der Waals surface area contributed by atoms with Gasteiger partial charge in [0.05, 0.1) is 22.8 Å². The summed E-state index contributed by atoms with van der Waals surface area (Å²) in [5.41, 5.74) is 2.45. The van der Waals surface area contributed by atoms with Gasteiger partial charge in [0.25, 0.3) is 0 Å². The highest BCUT2D eigenvalue weighted by atomic mass is 19.2. The van der Waals surface area contributed by atoms with Crippen molar-refractivity contribution in [1.82, 2.24) is 19.7 Å². The minimum absolute atomic E-state index is 0.0248. The van der Waals surface area contributed by atoms with Gasteiger partial charge in [-0.15, -0.1) is 0 Å². The zero-order valence-corrected chi connectivity index (χ0v) is 13.7. The first-order valence-corrected chi connectivity index (χ1v) is 8.18. The predicted octanol–water partition coefficient (Wildman–Crippen LogP) is 5.14. The van der Waals surface area contributed by atoms with E-state index in [9.17, 15) is 13.3 Å². The number of halogens is 3. The third-order valence-electron chi connectivity index (χ3n) is 4.34. The number of nitrogens with one attached hydrogen (secondary N) is 1. The summed E-state index contributed by atoms with van der Waals surface area (Å²) in [6.07, 6.45) is 6.65. The van der Waals surface area contributed by atoms with Crippen LogP contribution in [0.4, 0.5) is 13.3 Å². The van der Waals surface area contributed by atoms with Crippen molar-refractivity contribution in [2.75, 3.05) is 0 Å². The summed E-state index contributed by atoms with van der Waals surface area (Å²) >= 11 is 0. The van der Waals surface area contributed by atoms with Gasteiger partial charge in [-0.3, -0.25) is 0 Å². The van der Waals surface area contributed by atoms with Crippen molar-refractivity contribution in [2.24, 2.45) is 0 Å². The smallest absolute Gasteiger partial charge is 0.187 e. The third kappa shape index (κ3) is 2.64. The minimum atomic E-state index is -1.27. The summed E-state index contributed by atoms with van der Waals surface area (Å²) < 4.78 is 43.1. The molecule has 0 unspecified atom stereocenters. The van der Waals surface area contributed by atoms with Crippen LogP contribution in [-0.4, -0.2) is 19.7 Å². The molecule has 27 heavy (non-hydrogen) atoms. The fourth-order valence-electron chi connectivity index (χ4n) is 3.07. The van der Waals surface area contributed by atoms with Gasteiger partial charge >= 0.3 is 0 Å². The monoisotopic (exact) mass is 364 g/mol. The van der Waals surface area contributed by atoms with Crippen LogP contribution in [0.5, 0.6) is 0 Å². The third-order valence-corrected chi connectivity index (χ3v) is 4.34. The molecule has 0 saturated carbocycles. The summed E-state index contributed by atoms with van der Waals surface area (Å²) in [4.78, 5) is 11.8. The van der Waals surface area contributed by atoms with Crippen LogP contribution >= 0.6 is 0 Å². The van der Waals surface area contributed by atoms with Crippen LogP contribution in [0.25, 0.3) is 46.4 Å².